The molecule has 7 heteroatoms. The molecule has 5 nitrogen and oxygen atoms in total. The van der Waals surface area contributed by atoms with Crippen LogP contribution in [0.1, 0.15) is 10.4 Å². The standard InChI is InChI=1S/C13H10F2N2O3/c14-13(15)20-9-5-3-8(4-6-9)17-11-10(12(18)19)2-1-7-16-11/h1-7,13H,(H,16,17)(H,18,19). The number of anilines is 2. The molecule has 2 N–H and O–H groups in total. The van der Waals surface area contributed by atoms with E-state index >= 15 is 0 Å². The molecular formula is C13H10F2N2O3. The van der Waals surface area contributed by atoms with Crippen LogP contribution in [-0.2, 0) is 0 Å². The number of pyridine rings is 1. The highest BCUT2D eigenvalue weighted by Gasteiger charge is 2.10. The Morgan fingerprint density at radius 2 is 1.95 bits per heavy atom. The topological polar surface area (TPSA) is 71.5 Å². The fourth-order valence-electron chi connectivity index (χ4n) is 1.53. The summed E-state index contributed by atoms with van der Waals surface area (Å²) in [6.45, 7) is -2.89. The summed E-state index contributed by atoms with van der Waals surface area (Å²) >= 11 is 0. The van der Waals surface area contributed by atoms with E-state index in [1.54, 1.807) is 0 Å². The third-order valence-corrected chi connectivity index (χ3v) is 2.38. The largest absolute Gasteiger partial charge is 0.478 e. The molecule has 2 rings (SSSR count). The third-order valence-electron chi connectivity index (χ3n) is 2.38. The quantitative estimate of drug-likeness (QED) is 0.880. The van der Waals surface area contributed by atoms with Gasteiger partial charge in [-0.25, -0.2) is 9.78 Å². The Morgan fingerprint density at radius 3 is 2.55 bits per heavy atom. The van der Waals surface area contributed by atoms with Crippen molar-refractivity contribution in [2.24, 2.45) is 0 Å². The van der Waals surface area contributed by atoms with Crippen molar-refractivity contribution in [3.8, 4) is 5.75 Å². The van der Waals surface area contributed by atoms with Crippen LogP contribution in [0.3, 0.4) is 0 Å². The van der Waals surface area contributed by atoms with Gasteiger partial charge in [0.05, 0.1) is 0 Å². The number of aromatic nitrogens is 1. The number of hydrogen-bond donors (Lipinski definition) is 2. The van der Waals surface area contributed by atoms with E-state index in [1.165, 1.54) is 42.6 Å². The second-order valence-corrected chi connectivity index (χ2v) is 3.73. The number of ether oxygens (including phenoxy) is 1. The first-order valence-electron chi connectivity index (χ1n) is 5.56. The van der Waals surface area contributed by atoms with E-state index in [0.717, 1.165) is 0 Å². The van der Waals surface area contributed by atoms with E-state index in [0.29, 0.717) is 5.69 Å². The Labute approximate surface area is 112 Å². The molecule has 0 amide bonds. The summed E-state index contributed by atoms with van der Waals surface area (Å²) in [6.07, 6.45) is 1.45. The molecule has 0 fully saturated rings. The average Bonchev–Trinajstić information content (AvgIpc) is 2.41. The van der Waals surface area contributed by atoms with Crippen molar-refractivity contribution in [2.45, 2.75) is 6.61 Å². The summed E-state index contributed by atoms with van der Waals surface area (Å²) in [5.74, 6) is -0.925. The van der Waals surface area contributed by atoms with E-state index in [9.17, 15) is 13.6 Å². The fraction of sp³-hybridized carbons (Fsp3) is 0.0769. The Hall–Kier alpha value is -2.70. The summed E-state index contributed by atoms with van der Waals surface area (Å²) < 4.78 is 28.2. The van der Waals surface area contributed by atoms with E-state index in [-0.39, 0.29) is 17.1 Å². The minimum absolute atomic E-state index is 0.0143. The van der Waals surface area contributed by atoms with Crippen molar-refractivity contribution in [3.05, 3.63) is 48.2 Å². The van der Waals surface area contributed by atoms with Crippen LogP contribution in [0.4, 0.5) is 20.3 Å². The van der Waals surface area contributed by atoms with Gasteiger partial charge >= 0.3 is 12.6 Å². The Bertz CT molecular complexity index is 603. The van der Waals surface area contributed by atoms with Crippen molar-refractivity contribution >= 4 is 17.5 Å². The number of carboxylic acid groups (broad SMARTS) is 1. The molecule has 0 saturated heterocycles. The zero-order valence-electron chi connectivity index (χ0n) is 10.1. The molecule has 2 aromatic rings. The molecule has 20 heavy (non-hydrogen) atoms. The number of nitrogens with zero attached hydrogens (tertiary/aromatic N) is 1. The third kappa shape index (κ3) is 3.41. The van der Waals surface area contributed by atoms with Gasteiger partial charge in [-0.3, -0.25) is 0 Å². The van der Waals surface area contributed by atoms with Gasteiger partial charge in [0.2, 0.25) is 0 Å². The van der Waals surface area contributed by atoms with Gasteiger partial charge in [-0.05, 0) is 36.4 Å². The van der Waals surface area contributed by atoms with Gasteiger partial charge in [0.15, 0.2) is 0 Å². The highest BCUT2D eigenvalue weighted by Crippen LogP contribution is 2.22. The van der Waals surface area contributed by atoms with Crippen LogP contribution in [0.5, 0.6) is 5.75 Å². The predicted molar refractivity (Wildman–Crippen MR) is 67.6 cm³/mol. The number of aromatic carboxylic acids is 1. The van der Waals surface area contributed by atoms with Crippen LogP contribution in [-0.4, -0.2) is 22.7 Å². The normalized spacial score (nSPS) is 10.3. The lowest BCUT2D eigenvalue weighted by atomic mass is 10.2. The summed E-state index contributed by atoms with van der Waals surface area (Å²) in [4.78, 5) is 14.9. The molecule has 1 aromatic heterocycles. The maximum atomic E-state index is 12.0. The number of halogens is 2. The van der Waals surface area contributed by atoms with Gasteiger partial charge in [0, 0.05) is 11.9 Å². The number of rotatable bonds is 5. The lowest BCUT2D eigenvalue weighted by Crippen LogP contribution is -2.04. The van der Waals surface area contributed by atoms with Crippen LogP contribution < -0.4 is 10.1 Å². The van der Waals surface area contributed by atoms with Crippen molar-refractivity contribution in [3.63, 3.8) is 0 Å². The molecule has 0 saturated carbocycles. The highest BCUT2D eigenvalue weighted by atomic mass is 19.3. The minimum Gasteiger partial charge on any atom is -0.478 e. The summed E-state index contributed by atoms with van der Waals surface area (Å²) in [6, 6.07) is 8.58. The molecule has 0 atom stereocenters. The van der Waals surface area contributed by atoms with Crippen molar-refractivity contribution in [2.75, 3.05) is 5.32 Å². The SMILES string of the molecule is O=C(O)c1cccnc1Nc1ccc(OC(F)F)cc1. The van der Waals surface area contributed by atoms with Crippen LogP contribution in [0, 0.1) is 0 Å². The van der Waals surface area contributed by atoms with Crippen LogP contribution in [0.2, 0.25) is 0 Å². The zero-order valence-corrected chi connectivity index (χ0v) is 10.1. The second-order valence-electron chi connectivity index (χ2n) is 3.73. The van der Waals surface area contributed by atoms with E-state index in [1.807, 2.05) is 0 Å². The molecule has 0 aliphatic rings. The summed E-state index contributed by atoms with van der Waals surface area (Å²) in [7, 11) is 0. The predicted octanol–water partition coefficient (Wildman–Crippen LogP) is 3.12. The van der Waals surface area contributed by atoms with Gasteiger partial charge in [-0.2, -0.15) is 8.78 Å². The molecular weight excluding hydrogens is 270 g/mol. The first kappa shape index (κ1) is 13.7. The highest BCUT2D eigenvalue weighted by molar-refractivity contribution is 5.93. The molecule has 0 unspecified atom stereocenters. The number of nitrogens with one attached hydrogen (secondary N) is 1. The maximum Gasteiger partial charge on any atom is 0.387 e. The number of hydrogen-bond acceptors (Lipinski definition) is 4. The molecule has 0 aliphatic carbocycles. The van der Waals surface area contributed by atoms with Crippen LogP contribution in [0.25, 0.3) is 0 Å². The first-order valence-corrected chi connectivity index (χ1v) is 5.56. The molecule has 0 aliphatic heterocycles. The average molecular weight is 280 g/mol. The van der Waals surface area contributed by atoms with E-state index < -0.39 is 12.6 Å². The number of carbonyl (C=O) groups is 1. The molecule has 0 radical (unpaired) electrons. The van der Waals surface area contributed by atoms with Crippen LogP contribution >= 0.6 is 0 Å². The Balaban J connectivity index is 2.16. The zero-order chi connectivity index (χ0) is 14.5. The Kier molecular flexibility index (Phi) is 4.09. The molecule has 1 aromatic carbocycles. The molecule has 0 spiro atoms. The van der Waals surface area contributed by atoms with Crippen LogP contribution in [0.15, 0.2) is 42.6 Å². The fourth-order valence-corrected chi connectivity index (χ4v) is 1.53. The van der Waals surface area contributed by atoms with E-state index in [2.05, 4.69) is 15.0 Å². The van der Waals surface area contributed by atoms with Gasteiger partial charge < -0.3 is 15.2 Å². The van der Waals surface area contributed by atoms with Gasteiger partial charge in [-0.15, -0.1) is 0 Å². The molecule has 0 bridgehead atoms. The van der Waals surface area contributed by atoms with Crippen molar-refractivity contribution < 1.29 is 23.4 Å². The van der Waals surface area contributed by atoms with Gasteiger partial charge in [0.25, 0.3) is 0 Å². The summed E-state index contributed by atoms with van der Waals surface area (Å²) in [5.41, 5.74) is 0.522. The second kappa shape index (κ2) is 5.96. The lowest BCUT2D eigenvalue weighted by molar-refractivity contribution is -0.0498. The Morgan fingerprint density at radius 1 is 1.25 bits per heavy atom. The van der Waals surface area contributed by atoms with Crippen molar-refractivity contribution in [1.29, 1.82) is 0 Å². The van der Waals surface area contributed by atoms with Gasteiger partial charge in [-0.1, -0.05) is 0 Å². The van der Waals surface area contributed by atoms with Gasteiger partial charge in [0.1, 0.15) is 17.1 Å². The monoisotopic (exact) mass is 280 g/mol. The lowest BCUT2D eigenvalue weighted by Gasteiger charge is -2.09. The van der Waals surface area contributed by atoms with Crippen molar-refractivity contribution in [1.82, 2.24) is 4.98 Å². The number of benzene rings is 1. The number of alkyl halides is 2. The number of carboxylic acids is 1. The van der Waals surface area contributed by atoms with E-state index in [4.69, 9.17) is 5.11 Å². The first-order chi connectivity index (χ1) is 9.56. The smallest absolute Gasteiger partial charge is 0.387 e. The molecule has 104 valence electrons. The maximum absolute atomic E-state index is 12.0. The molecule has 1 heterocycles. The minimum atomic E-state index is -2.89. The summed E-state index contributed by atoms with van der Waals surface area (Å²) in [5, 5.41) is 11.8.